The van der Waals surface area contributed by atoms with Gasteiger partial charge < -0.3 is 9.97 Å². The van der Waals surface area contributed by atoms with E-state index in [1.807, 2.05) is 30.4 Å². The lowest BCUT2D eigenvalue weighted by Crippen LogP contribution is -2.30. The van der Waals surface area contributed by atoms with Crippen LogP contribution in [0.1, 0.15) is 52.2 Å². The lowest BCUT2D eigenvalue weighted by atomic mass is 9.62. The predicted molar refractivity (Wildman–Crippen MR) is 138 cm³/mol. The Morgan fingerprint density at radius 1 is 0.657 bits per heavy atom. The first-order chi connectivity index (χ1) is 17.2. The number of hydrogen-bond acceptors (Lipinski definition) is 3. The molecule has 0 amide bonds. The standard InChI is InChI=1S/C30H20N4O/c35-27-15-24-22-3-1-2-4-23(22)29(27)30-26-14-21-10-8-19(33-21)12-17-6-5-16(31-17)11-18-7-9-20(32-18)13-25(34-26)28(24)30/h1-14,24,29,31-32H,15H2/t24?,29-/m1/s1. The number of carbonyl (C=O) groups excluding carboxylic acids is 1. The number of aromatic nitrogens is 4. The molecule has 0 radical (unpaired) electrons. The lowest BCUT2D eigenvalue weighted by Gasteiger charge is -2.38. The number of nitrogens with one attached hydrogen (secondary N) is 2. The van der Waals surface area contributed by atoms with Crippen molar-refractivity contribution in [3.05, 3.63) is 107 Å². The summed E-state index contributed by atoms with van der Waals surface area (Å²) in [5, 5.41) is 0. The van der Waals surface area contributed by atoms with Gasteiger partial charge in [0.05, 0.1) is 28.7 Å². The Balaban J connectivity index is 1.46. The fourth-order valence-corrected chi connectivity index (χ4v) is 6.05. The highest BCUT2D eigenvalue weighted by molar-refractivity contribution is 6.14. The molecular weight excluding hydrogens is 432 g/mol. The molecule has 0 spiro atoms. The van der Waals surface area contributed by atoms with Crippen molar-refractivity contribution < 1.29 is 4.79 Å². The van der Waals surface area contributed by atoms with Gasteiger partial charge in [-0.05, 0) is 83.0 Å². The molecule has 5 nitrogen and oxygen atoms in total. The summed E-state index contributed by atoms with van der Waals surface area (Å²) in [5.74, 6) is 0.0558. The van der Waals surface area contributed by atoms with Crippen LogP contribution in [-0.2, 0) is 4.79 Å². The first kappa shape index (κ1) is 18.9. The fraction of sp³-hybridized carbons (Fsp3) is 0.100. The third kappa shape index (κ3) is 2.78. The molecule has 35 heavy (non-hydrogen) atoms. The molecule has 9 rings (SSSR count). The molecule has 166 valence electrons. The molecular formula is C30H20N4O. The van der Waals surface area contributed by atoms with Gasteiger partial charge in [0.25, 0.3) is 0 Å². The van der Waals surface area contributed by atoms with Crippen LogP contribution in [0.3, 0.4) is 0 Å². The third-order valence-electron chi connectivity index (χ3n) is 7.47. The molecule has 0 saturated carbocycles. The molecule has 2 aliphatic heterocycles. The molecule has 3 aromatic heterocycles. The van der Waals surface area contributed by atoms with Crippen molar-refractivity contribution in [1.82, 2.24) is 19.9 Å². The number of ketones is 1. The number of hydrogen-bond donors (Lipinski definition) is 2. The van der Waals surface area contributed by atoms with Gasteiger partial charge in [-0.25, -0.2) is 9.97 Å². The number of H-pyrrole nitrogens is 2. The van der Waals surface area contributed by atoms with Crippen LogP contribution >= 0.6 is 0 Å². The quantitative estimate of drug-likeness (QED) is 0.292. The summed E-state index contributed by atoms with van der Waals surface area (Å²) >= 11 is 0. The Morgan fingerprint density at radius 3 is 2.06 bits per heavy atom. The Morgan fingerprint density at radius 2 is 1.29 bits per heavy atom. The van der Waals surface area contributed by atoms with Gasteiger partial charge >= 0.3 is 0 Å². The van der Waals surface area contributed by atoms with Crippen LogP contribution in [0.4, 0.5) is 0 Å². The SMILES string of the molecule is O=C1CC2C3=C(c4cc5nc(cc6ccc(cc7ccc(cc3n4)[nH]7)[nH]6)C=C5)[C@@H]1c1ccccc12. The molecule has 10 bridgehead atoms. The highest BCUT2D eigenvalue weighted by Gasteiger charge is 2.47. The molecule has 2 atom stereocenters. The summed E-state index contributed by atoms with van der Waals surface area (Å²) in [6.45, 7) is 0. The van der Waals surface area contributed by atoms with Crippen LogP contribution in [0.25, 0.3) is 45.4 Å². The number of aromatic amines is 2. The zero-order valence-corrected chi connectivity index (χ0v) is 18.7. The molecule has 1 aromatic carbocycles. The molecule has 5 heterocycles. The second-order valence-corrected chi connectivity index (χ2v) is 9.60. The summed E-state index contributed by atoms with van der Waals surface area (Å²) in [6, 6.07) is 24.9. The molecule has 0 fully saturated rings. The van der Waals surface area contributed by atoms with Gasteiger partial charge in [-0.15, -0.1) is 0 Å². The molecule has 0 saturated heterocycles. The van der Waals surface area contributed by atoms with E-state index < -0.39 is 0 Å². The maximum atomic E-state index is 13.3. The first-order valence-corrected chi connectivity index (χ1v) is 11.9. The summed E-state index contributed by atoms with van der Waals surface area (Å²) < 4.78 is 0. The Hall–Kier alpha value is -4.51. The average molecular weight is 453 g/mol. The van der Waals surface area contributed by atoms with Gasteiger partial charge in [-0.3, -0.25) is 4.79 Å². The third-order valence-corrected chi connectivity index (χ3v) is 7.47. The fourth-order valence-electron chi connectivity index (χ4n) is 6.05. The highest BCUT2D eigenvalue weighted by atomic mass is 16.1. The Labute approximate surface area is 200 Å². The zero-order valence-electron chi connectivity index (χ0n) is 18.7. The van der Waals surface area contributed by atoms with Gasteiger partial charge in [0, 0.05) is 34.4 Å². The van der Waals surface area contributed by atoms with Crippen LogP contribution < -0.4 is 0 Å². The second kappa shape index (κ2) is 6.76. The van der Waals surface area contributed by atoms with E-state index in [4.69, 9.17) is 9.97 Å². The van der Waals surface area contributed by atoms with Crippen LogP contribution in [0, 0.1) is 0 Å². The van der Waals surface area contributed by atoms with Crippen molar-refractivity contribution in [1.29, 1.82) is 0 Å². The Bertz CT molecular complexity index is 1820. The predicted octanol–water partition coefficient (Wildman–Crippen LogP) is 6.25. The number of nitrogens with zero attached hydrogens (tertiary/aromatic N) is 2. The topological polar surface area (TPSA) is 74.4 Å². The summed E-state index contributed by atoms with van der Waals surface area (Å²) in [7, 11) is 0. The van der Waals surface area contributed by atoms with E-state index in [0.29, 0.717) is 6.42 Å². The molecule has 4 aromatic rings. The minimum Gasteiger partial charge on any atom is -0.355 e. The molecule has 5 aliphatic rings. The number of Topliss-reactive ketones (excluding diaryl/α,β-unsaturated/α-hetero) is 1. The smallest absolute Gasteiger partial charge is 0.145 e. The number of fused-ring (bicyclic) bond motifs is 9. The molecule has 1 unspecified atom stereocenters. The van der Waals surface area contributed by atoms with Gasteiger partial charge in [0.15, 0.2) is 0 Å². The normalized spacial score (nSPS) is 19.7. The van der Waals surface area contributed by atoms with E-state index in [1.165, 1.54) is 11.1 Å². The van der Waals surface area contributed by atoms with Crippen molar-refractivity contribution in [2.75, 3.05) is 0 Å². The van der Waals surface area contributed by atoms with E-state index in [1.54, 1.807) is 0 Å². The minimum atomic E-state index is -0.264. The summed E-state index contributed by atoms with van der Waals surface area (Å²) in [4.78, 5) is 30.1. The van der Waals surface area contributed by atoms with Crippen molar-refractivity contribution in [2.24, 2.45) is 0 Å². The molecule has 3 aliphatic carbocycles. The molecule has 5 heteroatoms. The summed E-state index contributed by atoms with van der Waals surface area (Å²) in [6.07, 6.45) is 4.56. The number of allylic oxidation sites excluding steroid dienone is 2. The van der Waals surface area contributed by atoms with Gasteiger partial charge in [-0.2, -0.15) is 0 Å². The largest absolute Gasteiger partial charge is 0.355 e. The van der Waals surface area contributed by atoms with Gasteiger partial charge in [0.2, 0.25) is 0 Å². The zero-order chi connectivity index (χ0) is 23.1. The van der Waals surface area contributed by atoms with Crippen LogP contribution in [-0.4, -0.2) is 25.7 Å². The van der Waals surface area contributed by atoms with Crippen LogP contribution in [0.15, 0.2) is 72.8 Å². The molecule has 2 N–H and O–H groups in total. The monoisotopic (exact) mass is 452 g/mol. The minimum absolute atomic E-state index is 0.0382. The van der Waals surface area contributed by atoms with E-state index >= 15 is 0 Å². The highest BCUT2D eigenvalue weighted by Crippen LogP contribution is 2.58. The summed E-state index contributed by atoms with van der Waals surface area (Å²) in [5.41, 5.74) is 12.2. The number of benzene rings is 1. The van der Waals surface area contributed by atoms with E-state index in [2.05, 4.69) is 64.6 Å². The first-order valence-electron chi connectivity index (χ1n) is 11.9. The maximum Gasteiger partial charge on any atom is 0.145 e. The van der Waals surface area contributed by atoms with Crippen molar-refractivity contribution in [3.8, 4) is 0 Å². The van der Waals surface area contributed by atoms with E-state index in [-0.39, 0.29) is 17.6 Å². The average Bonchev–Trinajstić information content (AvgIpc) is 3.65. The second-order valence-electron chi connectivity index (χ2n) is 9.60. The van der Waals surface area contributed by atoms with Gasteiger partial charge in [-0.1, -0.05) is 24.3 Å². The maximum absolute atomic E-state index is 13.3. The van der Waals surface area contributed by atoms with Crippen molar-refractivity contribution in [3.63, 3.8) is 0 Å². The number of carbonyl (C=O) groups is 1. The lowest BCUT2D eigenvalue weighted by molar-refractivity contribution is -0.120. The Kier molecular flexibility index (Phi) is 3.65. The van der Waals surface area contributed by atoms with E-state index in [0.717, 1.165) is 56.0 Å². The van der Waals surface area contributed by atoms with Crippen molar-refractivity contribution in [2.45, 2.75) is 18.3 Å². The van der Waals surface area contributed by atoms with Crippen molar-refractivity contribution >= 4 is 51.1 Å². The van der Waals surface area contributed by atoms with E-state index in [9.17, 15) is 4.79 Å². The van der Waals surface area contributed by atoms with Crippen LogP contribution in [0.2, 0.25) is 0 Å². The number of rotatable bonds is 0. The van der Waals surface area contributed by atoms with Gasteiger partial charge in [0.1, 0.15) is 5.78 Å². The van der Waals surface area contributed by atoms with Crippen LogP contribution in [0.5, 0.6) is 0 Å².